The van der Waals surface area contributed by atoms with Gasteiger partial charge in [-0.05, 0) is 81.2 Å². The first-order valence-electron chi connectivity index (χ1n) is 39.3. The molecular weight excluding hydrogens is 791 g/mol. The van der Waals surface area contributed by atoms with Gasteiger partial charge in [-0.3, -0.25) is 0 Å². The zero-order valence-corrected chi connectivity index (χ0v) is 32.8. The second-order valence-corrected chi connectivity index (χ2v) is 17.3. The van der Waals surface area contributed by atoms with Gasteiger partial charge in [0.05, 0.1) is 101 Å². The van der Waals surface area contributed by atoms with Crippen molar-refractivity contribution in [1.29, 1.82) is 0 Å². The minimum Gasteiger partial charge on any atom is -0.309 e. The quantitative estimate of drug-likeness (QED) is 0.112. The molecular formula is C60H41N3Si. The summed E-state index contributed by atoms with van der Waals surface area (Å²) in [6.07, 6.45) is 0. The Hall–Kier alpha value is -8.18. The van der Waals surface area contributed by atoms with Gasteiger partial charge in [0.1, 0.15) is 0 Å². The maximum absolute atomic E-state index is 10.7. The number of benzene rings is 10. The average Bonchev–Trinajstić information content (AvgIpc) is 1.50. The Morgan fingerprint density at radius 1 is 0.250 bits per heavy atom. The van der Waals surface area contributed by atoms with Crippen LogP contribution in [-0.4, -0.2) is 21.8 Å². The molecule has 3 heterocycles. The van der Waals surface area contributed by atoms with Crippen molar-refractivity contribution < 1.29 is 56.2 Å². The lowest BCUT2D eigenvalue weighted by atomic mass is 10.1. The van der Waals surface area contributed by atoms with Gasteiger partial charge in [-0.25, -0.2) is 0 Å². The fourth-order valence-corrected chi connectivity index (χ4v) is 11.7. The van der Waals surface area contributed by atoms with Crippen molar-refractivity contribution in [2.75, 3.05) is 0 Å². The predicted octanol–water partition coefficient (Wildman–Crippen LogP) is 12.4. The summed E-state index contributed by atoms with van der Waals surface area (Å²) in [5, 5.41) is -10.1. The normalized spacial score (nSPS) is 21.0. The Bertz CT molecular complexity index is 6030. The number of para-hydroxylation sites is 6. The third-order valence-corrected chi connectivity index (χ3v) is 14.7. The maximum Gasteiger partial charge on any atom is 0.179 e. The Morgan fingerprint density at radius 2 is 0.578 bits per heavy atom. The van der Waals surface area contributed by atoms with Crippen LogP contribution in [0.25, 0.3) is 82.5 Å². The lowest BCUT2D eigenvalue weighted by Gasteiger charge is -2.34. The van der Waals surface area contributed by atoms with Crippen LogP contribution in [0.15, 0.2) is 248 Å². The molecule has 0 fully saturated rings. The van der Waals surface area contributed by atoms with Crippen molar-refractivity contribution in [2.24, 2.45) is 0 Å². The van der Waals surface area contributed by atoms with Gasteiger partial charge in [0.25, 0.3) is 0 Å². The Labute approximate surface area is 429 Å². The van der Waals surface area contributed by atoms with E-state index in [2.05, 4.69) is 0 Å². The van der Waals surface area contributed by atoms with Crippen molar-refractivity contribution in [1.82, 2.24) is 13.7 Å². The number of aromatic nitrogens is 3. The number of hydrogen-bond donors (Lipinski definition) is 0. The molecule has 0 aliphatic heterocycles. The van der Waals surface area contributed by atoms with Crippen molar-refractivity contribution >= 4 is 94.2 Å². The summed E-state index contributed by atoms with van der Waals surface area (Å²) in [6.45, 7) is 0. The fourth-order valence-electron chi connectivity index (χ4n) is 8.10. The molecule has 13 rings (SSSR count). The molecule has 64 heavy (non-hydrogen) atoms. The molecule has 3 aromatic heterocycles. The first kappa shape index (κ1) is 14.2. The van der Waals surface area contributed by atoms with E-state index in [1.54, 1.807) is 0 Å². The second kappa shape index (κ2) is 14.5. The molecule has 0 atom stereocenters. The van der Waals surface area contributed by atoms with E-state index in [1.807, 2.05) is 0 Å². The summed E-state index contributed by atoms with van der Waals surface area (Å²) >= 11 is 0. The van der Waals surface area contributed by atoms with Gasteiger partial charge >= 0.3 is 0 Å². The van der Waals surface area contributed by atoms with Gasteiger partial charge in [-0.2, -0.15) is 0 Å². The molecule has 0 radical (unpaired) electrons. The third-order valence-electron chi connectivity index (χ3n) is 10.7. The van der Waals surface area contributed by atoms with Crippen LogP contribution >= 0.6 is 0 Å². The molecule has 0 amide bonds. The molecule has 0 unspecified atom stereocenters. The number of fused-ring (bicyclic) bond motifs is 9. The standard InChI is InChI=1S/C60H41N3Si/c1-4-20-43(21-5-1)64(44-22-6-2-7-23-44,45-24-8-3-9-25-45)46-37-39-58-52(41-46)50-29-13-17-33-56(50)63(58)60-35-19-18-34-59(60)62-55-32-16-12-28-49(55)51-40-42(36-38-57(51)62)61-53-30-14-10-26-47(53)48-27-11-15-31-54(48)61/h1-41H/i1D,2D,3D,4D,5D,6D,7D,8D,9D,10D,11D,12D,13D,14D,15D,16D,17D,18D,19D,20D,21D,22D,23D,24D,25D,26D,27D,28D,29D,30D,31D,32D,33D,34D,35D,36D,37D,38D,39D,40D,41D. The second-order valence-electron chi connectivity index (χ2n) is 13.8. The highest BCUT2D eigenvalue weighted by molar-refractivity contribution is 7.20. The highest BCUT2D eigenvalue weighted by Gasteiger charge is 2.41. The summed E-state index contributed by atoms with van der Waals surface area (Å²) in [7, 11) is -6.67. The van der Waals surface area contributed by atoms with Gasteiger partial charge in [0, 0.05) is 38.0 Å². The van der Waals surface area contributed by atoms with Gasteiger partial charge in [0.2, 0.25) is 0 Å². The van der Waals surface area contributed by atoms with Crippen LogP contribution < -0.4 is 20.7 Å². The number of hydrogen-bond acceptors (Lipinski definition) is 0. The highest BCUT2D eigenvalue weighted by atomic mass is 28.3. The molecule has 0 N–H and O–H groups in total. The van der Waals surface area contributed by atoms with E-state index in [-0.39, 0.29) is 0 Å². The summed E-state index contributed by atoms with van der Waals surface area (Å²) in [5.74, 6) is 0. The maximum atomic E-state index is 10.7. The van der Waals surface area contributed by atoms with Gasteiger partial charge in [0.15, 0.2) is 8.07 Å². The Kier molecular flexibility index (Phi) is 3.20. The molecule has 0 aliphatic carbocycles. The minimum atomic E-state index is -6.67. The van der Waals surface area contributed by atoms with Crippen LogP contribution in [0.4, 0.5) is 0 Å². The van der Waals surface area contributed by atoms with E-state index in [0.29, 0.717) is 13.7 Å². The topological polar surface area (TPSA) is 14.8 Å². The zero-order valence-electron chi connectivity index (χ0n) is 72.8. The molecule has 0 bridgehead atoms. The molecule has 13 aromatic rings. The van der Waals surface area contributed by atoms with Crippen LogP contribution in [0.5, 0.6) is 0 Å². The minimum absolute atomic E-state index is 0.476. The monoisotopic (exact) mass is 873 g/mol. The lowest BCUT2D eigenvalue weighted by Crippen LogP contribution is -2.74. The van der Waals surface area contributed by atoms with Crippen LogP contribution in [0.1, 0.15) is 56.2 Å². The fraction of sp³-hybridized carbons (Fsp3) is 0. The van der Waals surface area contributed by atoms with Crippen molar-refractivity contribution in [3.05, 3.63) is 248 Å². The molecule has 0 saturated carbocycles. The zero-order chi connectivity index (χ0) is 77.9. The van der Waals surface area contributed by atoms with E-state index < -0.39 is 359 Å². The average molecular weight is 873 g/mol. The molecule has 0 spiro atoms. The molecule has 300 valence electrons. The Balaban J connectivity index is 1.32. The molecule has 0 saturated heterocycles. The van der Waals surface area contributed by atoms with Crippen molar-refractivity contribution in [2.45, 2.75) is 0 Å². The van der Waals surface area contributed by atoms with Crippen LogP contribution in [-0.2, 0) is 0 Å². The summed E-state index contributed by atoms with van der Waals surface area (Å²) in [6, 6.07) is -49.6. The molecule has 10 aromatic carbocycles. The van der Waals surface area contributed by atoms with E-state index in [0.717, 1.165) is 0 Å². The SMILES string of the molecule is [2H]c1c([2H])c([2H])c([Si](c2c([2H])c([2H])c([2H])c([2H])c2[2H])(c2c([2H])c([2H])c([2H])c([2H])c2[2H])c2c([2H])c([2H])c3c(c2[2H])c2c([2H])c([2H])c([2H])c([2H])c2n3-c2c([2H])c([2H])c([2H])c([2H])c2-n2c3c([2H])c([2H])c([2H])c([2H])c3c3c([2H])c(-n4c5c([2H])c([2H])c([2H])c([2H])c5c5c([2H])c([2H])c([2H])c([2H])c54)c([2H])c([2H])c32)c([2H])c1[2H]. The Morgan fingerprint density at radius 3 is 1.03 bits per heavy atom. The largest absolute Gasteiger partial charge is 0.309 e. The summed E-state index contributed by atoms with van der Waals surface area (Å²) < 4.78 is 387. The van der Waals surface area contributed by atoms with Crippen LogP contribution in [0.2, 0.25) is 0 Å². The van der Waals surface area contributed by atoms with E-state index >= 15 is 0 Å². The van der Waals surface area contributed by atoms with Gasteiger partial charge < -0.3 is 13.7 Å². The number of rotatable bonds is 7. The van der Waals surface area contributed by atoms with E-state index in [1.165, 1.54) is 0 Å². The van der Waals surface area contributed by atoms with Crippen molar-refractivity contribution in [3.8, 4) is 17.1 Å². The first-order valence-corrected chi connectivity index (χ1v) is 20.8. The van der Waals surface area contributed by atoms with Crippen molar-refractivity contribution in [3.63, 3.8) is 0 Å². The highest BCUT2D eigenvalue weighted by Crippen LogP contribution is 2.40. The predicted molar refractivity (Wildman–Crippen MR) is 273 cm³/mol. The van der Waals surface area contributed by atoms with Crippen LogP contribution in [0.3, 0.4) is 0 Å². The van der Waals surface area contributed by atoms with Gasteiger partial charge in [-0.1, -0.05) is 187 Å². The number of nitrogens with zero attached hydrogens (tertiary/aromatic N) is 3. The molecule has 3 nitrogen and oxygen atoms in total. The lowest BCUT2D eigenvalue weighted by molar-refractivity contribution is 1.09. The smallest absolute Gasteiger partial charge is 0.179 e. The third kappa shape index (κ3) is 5.27. The molecule has 4 heteroatoms. The van der Waals surface area contributed by atoms with Crippen LogP contribution in [0, 0.1) is 0 Å². The summed E-state index contributed by atoms with van der Waals surface area (Å²) in [4.78, 5) is 0. The molecule has 0 aliphatic rings. The summed E-state index contributed by atoms with van der Waals surface area (Å²) in [5.41, 5.74) is -8.76. The first-order chi connectivity index (χ1) is 48.8. The van der Waals surface area contributed by atoms with Gasteiger partial charge in [-0.15, -0.1) is 0 Å². The van der Waals surface area contributed by atoms with E-state index in [9.17, 15) is 30.2 Å². The van der Waals surface area contributed by atoms with E-state index in [4.69, 9.17) is 26.0 Å².